The number of methoxy groups -OCH3 is 2. The number of hydrogen-bond acceptors (Lipinski definition) is 6. The van der Waals surface area contributed by atoms with Crippen molar-refractivity contribution in [3.63, 3.8) is 0 Å². The Hall–Kier alpha value is -1.94. The molecule has 1 aliphatic carbocycles. The van der Waals surface area contributed by atoms with Crippen molar-refractivity contribution in [1.29, 1.82) is 0 Å². The van der Waals surface area contributed by atoms with E-state index in [-0.39, 0.29) is 12.4 Å². The molecule has 1 aromatic rings. The summed E-state index contributed by atoms with van der Waals surface area (Å²) < 4.78 is 29.2. The highest BCUT2D eigenvalue weighted by atomic mass is 31.1. The van der Waals surface area contributed by atoms with Gasteiger partial charge in [0.25, 0.3) is 0 Å². The van der Waals surface area contributed by atoms with Crippen LogP contribution in [0, 0.1) is 5.41 Å². The Morgan fingerprint density at radius 1 is 0.970 bits per heavy atom. The van der Waals surface area contributed by atoms with Crippen LogP contribution in [-0.4, -0.2) is 37.7 Å². The van der Waals surface area contributed by atoms with Crippen molar-refractivity contribution in [1.82, 2.24) is 0 Å². The highest BCUT2D eigenvalue weighted by Gasteiger charge is 2.60. The molecule has 0 saturated heterocycles. The molecule has 2 rings (SSSR count). The molecule has 0 heterocycles. The Labute approximate surface area is 200 Å². The van der Waals surface area contributed by atoms with Crippen LogP contribution in [-0.2, 0) is 14.1 Å². The molecule has 1 fully saturated rings. The number of esters is 1. The molecule has 1 aromatic carbocycles. The average Bonchev–Trinajstić information content (AvgIpc) is 2.86. The molecule has 0 N–H and O–H groups in total. The van der Waals surface area contributed by atoms with Crippen molar-refractivity contribution >= 4 is 20.2 Å². The number of carbonyl (C=O) groups excluding carboxylic acids is 2. The quantitative estimate of drug-likeness (QED) is 0.127. The summed E-state index contributed by atoms with van der Waals surface area (Å²) in [6, 6.07) is 5.16. The first-order valence-electron chi connectivity index (χ1n) is 12.2. The molecule has 184 valence electrons. The fourth-order valence-electron chi connectivity index (χ4n) is 4.91. The van der Waals surface area contributed by atoms with E-state index in [0.29, 0.717) is 29.9 Å². The number of unbranched alkanes of at least 4 members (excludes halogenated alkanes) is 5. The number of carbonyl (C=O) groups is 2. The molecule has 7 heteroatoms. The molecule has 0 aromatic heterocycles. The normalized spacial score (nSPS) is 17.2. The lowest BCUT2D eigenvalue weighted by molar-refractivity contribution is -0.150. The van der Waals surface area contributed by atoms with Crippen molar-refractivity contribution in [3.05, 3.63) is 23.8 Å². The van der Waals surface area contributed by atoms with E-state index in [0.717, 1.165) is 38.5 Å². The van der Waals surface area contributed by atoms with Gasteiger partial charge in [-0.05, 0) is 38.3 Å². The van der Waals surface area contributed by atoms with E-state index in [1.165, 1.54) is 33.5 Å². The minimum Gasteiger partial charge on any atom is -0.496 e. The van der Waals surface area contributed by atoms with E-state index in [9.17, 15) is 14.2 Å². The Bertz CT molecular complexity index is 780. The van der Waals surface area contributed by atoms with E-state index in [1.54, 1.807) is 25.1 Å². The van der Waals surface area contributed by atoms with Crippen LogP contribution in [0.5, 0.6) is 11.5 Å². The minimum atomic E-state index is -1.49. The molecule has 1 aliphatic rings. The van der Waals surface area contributed by atoms with Gasteiger partial charge in [0.15, 0.2) is 19.4 Å². The lowest BCUT2D eigenvalue weighted by Gasteiger charge is -2.44. The van der Waals surface area contributed by atoms with Crippen LogP contribution in [0.1, 0.15) is 94.8 Å². The second kappa shape index (κ2) is 13.1. The summed E-state index contributed by atoms with van der Waals surface area (Å²) in [5.41, 5.74) is -0.864. The van der Waals surface area contributed by atoms with E-state index in [4.69, 9.17) is 14.2 Å². The van der Waals surface area contributed by atoms with Crippen LogP contribution in [0.15, 0.2) is 18.2 Å². The lowest BCUT2D eigenvalue weighted by Crippen LogP contribution is -2.54. The topological polar surface area (TPSA) is 78.9 Å². The predicted octanol–water partition coefficient (Wildman–Crippen LogP) is 6.79. The van der Waals surface area contributed by atoms with E-state index >= 15 is 0 Å². The van der Waals surface area contributed by atoms with Gasteiger partial charge in [0, 0.05) is 0 Å². The molecule has 33 heavy (non-hydrogen) atoms. The summed E-state index contributed by atoms with van der Waals surface area (Å²) in [5, 5.41) is -1.49. The number of hydrogen-bond donors (Lipinski definition) is 0. The smallest absolute Gasteiger partial charge is 0.324 e. The summed E-state index contributed by atoms with van der Waals surface area (Å²) in [4.78, 5) is 27.5. The van der Waals surface area contributed by atoms with Crippen LogP contribution < -0.4 is 9.47 Å². The van der Waals surface area contributed by atoms with Crippen LogP contribution in [0.3, 0.4) is 0 Å². The lowest BCUT2D eigenvalue weighted by atomic mass is 9.61. The molecule has 0 aliphatic heterocycles. The minimum absolute atomic E-state index is 0.265. The summed E-state index contributed by atoms with van der Waals surface area (Å²) in [5.74, 6) is -0.0694. The standard InChI is InChI=1S/C26H39O6P/c1-5-6-7-8-9-13-19-32-24(28)25(2,33-29)26(17-11-10-12-18-26)23(27)22-20(30-3)15-14-16-21(22)31-4/h14-16H,5-13,17-19H2,1-4H3. The van der Waals surface area contributed by atoms with Crippen molar-refractivity contribution < 1.29 is 28.4 Å². The first-order valence-corrected chi connectivity index (χ1v) is 13.0. The molecular formula is C26H39O6P. The molecule has 0 bridgehead atoms. The monoisotopic (exact) mass is 478 g/mol. The van der Waals surface area contributed by atoms with Crippen molar-refractivity contribution in [2.24, 2.45) is 5.41 Å². The van der Waals surface area contributed by atoms with Crippen LogP contribution in [0.25, 0.3) is 0 Å². The summed E-state index contributed by atoms with van der Waals surface area (Å²) in [6.45, 7) is 4.06. The second-order valence-corrected chi connectivity index (χ2v) is 10.2. The molecule has 0 spiro atoms. The van der Waals surface area contributed by atoms with Gasteiger partial charge in [0.1, 0.15) is 17.1 Å². The first-order chi connectivity index (χ1) is 15.9. The van der Waals surface area contributed by atoms with Gasteiger partial charge in [-0.2, -0.15) is 0 Å². The highest BCUT2D eigenvalue weighted by Crippen LogP contribution is 2.55. The Morgan fingerprint density at radius 3 is 2.09 bits per heavy atom. The third-order valence-electron chi connectivity index (χ3n) is 7.04. The fourth-order valence-corrected chi connectivity index (χ4v) is 5.55. The van der Waals surface area contributed by atoms with E-state index < -0.39 is 25.0 Å². The van der Waals surface area contributed by atoms with Crippen molar-refractivity contribution in [3.8, 4) is 11.5 Å². The zero-order chi connectivity index (χ0) is 24.3. The van der Waals surface area contributed by atoms with Crippen LogP contribution >= 0.6 is 8.46 Å². The molecule has 1 atom stereocenters. The van der Waals surface area contributed by atoms with Crippen molar-refractivity contribution in [2.75, 3.05) is 20.8 Å². The van der Waals surface area contributed by atoms with Gasteiger partial charge in [-0.25, -0.2) is 0 Å². The molecule has 1 saturated carbocycles. The highest BCUT2D eigenvalue weighted by molar-refractivity contribution is 7.28. The Kier molecular flexibility index (Phi) is 10.8. The molecule has 0 amide bonds. The van der Waals surface area contributed by atoms with Gasteiger partial charge in [0.2, 0.25) is 0 Å². The van der Waals surface area contributed by atoms with Crippen LogP contribution in [0.4, 0.5) is 0 Å². The number of benzene rings is 1. The maximum absolute atomic E-state index is 14.2. The molecular weight excluding hydrogens is 439 g/mol. The third-order valence-corrected chi connectivity index (χ3v) is 8.02. The zero-order valence-corrected chi connectivity index (χ0v) is 21.5. The number of ketones is 1. The maximum atomic E-state index is 14.2. The maximum Gasteiger partial charge on any atom is 0.324 e. The fraction of sp³-hybridized carbons (Fsp3) is 0.692. The molecule has 0 radical (unpaired) electrons. The summed E-state index contributed by atoms with van der Waals surface area (Å²) >= 11 is 0. The van der Waals surface area contributed by atoms with Gasteiger partial charge in [-0.3, -0.25) is 14.2 Å². The Morgan fingerprint density at radius 2 is 1.55 bits per heavy atom. The molecule has 1 unspecified atom stereocenters. The summed E-state index contributed by atoms with van der Waals surface area (Å²) in [6.07, 6.45) is 9.89. The Balaban J connectivity index is 2.32. The second-order valence-electron chi connectivity index (χ2n) is 9.08. The SMILES string of the molecule is CCCCCCCCOC(=O)C(C)(P=O)C1(C(=O)c2c(OC)cccc2OC)CCCCC1. The largest absolute Gasteiger partial charge is 0.496 e. The molecule has 6 nitrogen and oxygen atoms in total. The predicted molar refractivity (Wildman–Crippen MR) is 130 cm³/mol. The average molecular weight is 479 g/mol. The van der Waals surface area contributed by atoms with Gasteiger partial charge in [0.05, 0.1) is 26.2 Å². The third kappa shape index (κ3) is 5.95. The van der Waals surface area contributed by atoms with Crippen molar-refractivity contribution in [2.45, 2.75) is 89.6 Å². The van der Waals surface area contributed by atoms with E-state index in [2.05, 4.69) is 6.92 Å². The number of Topliss-reactive ketones (excluding diaryl/α,β-unsaturated/α-hetero) is 1. The number of rotatable bonds is 14. The number of ether oxygens (including phenoxy) is 3. The van der Waals surface area contributed by atoms with Gasteiger partial charge in [-0.1, -0.05) is 64.4 Å². The van der Waals surface area contributed by atoms with Gasteiger partial charge in [-0.15, -0.1) is 0 Å². The summed E-state index contributed by atoms with van der Waals surface area (Å²) in [7, 11) is 2.59. The van der Waals surface area contributed by atoms with Crippen LogP contribution in [0.2, 0.25) is 0 Å². The van der Waals surface area contributed by atoms with Gasteiger partial charge < -0.3 is 14.2 Å². The van der Waals surface area contributed by atoms with E-state index in [1.807, 2.05) is 0 Å². The first kappa shape index (κ1) is 27.3. The van der Waals surface area contributed by atoms with Gasteiger partial charge >= 0.3 is 5.97 Å². The zero-order valence-electron chi connectivity index (χ0n) is 20.6.